The van der Waals surface area contributed by atoms with Crippen LogP contribution in [-0.2, 0) is 0 Å². The Labute approximate surface area is 57.4 Å². The molecule has 0 heterocycles. The molecule has 1 radical (unpaired) electrons. The van der Waals surface area contributed by atoms with Gasteiger partial charge in [-0.2, -0.15) is 0 Å². The Morgan fingerprint density at radius 1 is 1.33 bits per heavy atom. The summed E-state index contributed by atoms with van der Waals surface area (Å²) in [6.45, 7) is 5.86. The molecule has 0 amide bonds. The van der Waals surface area contributed by atoms with Gasteiger partial charge in [-0.25, -0.2) is 0 Å². The van der Waals surface area contributed by atoms with E-state index in [9.17, 15) is 0 Å². The number of rotatable bonds is 3. The minimum atomic E-state index is 0.521. The van der Waals surface area contributed by atoms with Crippen LogP contribution in [0.2, 0.25) is 0 Å². The van der Waals surface area contributed by atoms with Crippen LogP contribution >= 0.6 is 0 Å². The van der Waals surface area contributed by atoms with Crippen molar-refractivity contribution in [3.05, 3.63) is 17.8 Å². The third-order valence-electron chi connectivity index (χ3n) is 1.06. The molecule has 53 valence electrons. The third-order valence-corrected chi connectivity index (χ3v) is 1.06. The van der Waals surface area contributed by atoms with Crippen molar-refractivity contribution in [1.29, 1.82) is 0 Å². The Morgan fingerprint density at radius 3 is 2.22 bits per heavy atom. The molecule has 0 aliphatic carbocycles. The standard InChI is InChI=1S/C8H15O/c1-7(2)5-4-6-8(3)9/h5,9H,4,6H2,1-3H3. The van der Waals surface area contributed by atoms with Crippen LogP contribution in [0.15, 0.2) is 11.6 Å². The van der Waals surface area contributed by atoms with Gasteiger partial charge in [0.1, 0.15) is 0 Å². The van der Waals surface area contributed by atoms with Crippen LogP contribution < -0.4 is 0 Å². The second-order valence-corrected chi connectivity index (χ2v) is 2.56. The fraction of sp³-hybridized carbons (Fsp3) is 0.625. The monoisotopic (exact) mass is 127 g/mol. The summed E-state index contributed by atoms with van der Waals surface area (Å²) >= 11 is 0. The summed E-state index contributed by atoms with van der Waals surface area (Å²) in [7, 11) is 0. The lowest BCUT2D eigenvalue weighted by Gasteiger charge is -1.97. The summed E-state index contributed by atoms with van der Waals surface area (Å²) in [5, 5.41) is 8.75. The average Bonchev–Trinajstić information content (AvgIpc) is 1.63. The van der Waals surface area contributed by atoms with Crippen LogP contribution in [0.3, 0.4) is 0 Å². The van der Waals surface area contributed by atoms with Crippen molar-refractivity contribution in [1.82, 2.24) is 0 Å². The van der Waals surface area contributed by atoms with Gasteiger partial charge < -0.3 is 5.11 Å². The molecule has 0 saturated heterocycles. The van der Waals surface area contributed by atoms with Crippen LogP contribution in [0.4, 0.5) is 0 Å². The number of hydrogen-bond donors (Lipinski definition) is 1. The summed E-state index contributed by atoms with van der Waals surface area (Å²) in [6.07, 6.45) is 4.41. The van der Waals surface area contributed by atoms with Gasteiger partial charge in [0.05, 0.1) is 6.10 Å². The summed E-state index contributed by atoms with van der Waals surface area (Å²) in [5.41, 5.74) is 1.32. The van der Waals surface area contributed by atoms with Crippen molar-refractivity contribution in [3.63, 3.8) is 0 Å². The van der Waals surface area contributed by atoms with E-state index in [2.05, 4.69) is 19.9 Å². The van der Waals surface area contributed by atoms with Crippen molar-refractivity contribution in [2.45, 2.75) is 33.6 Å². The zero-order chi connectivity index (χ0) is 7.28. The highest BCUT2D eigenvalue weighted by Crippen LogP contribution is 2.04. The molecule has 0 aromatic heterocycles. The van der Waals surface area contributed by atoms with Crippen molar-refractivity contribution < 1.29 is 5.11 Å². The predicted molar refractivity (Wildman–Crippen MR) is 39.5 cm³/mol. The molecule has 0 aliphatic heterocycles. The number of aliphatic hydroxyl groups is 1. The van der Waals surface area contributed by atoms with E-state index in [0.29, 0.717) is 6.10 Å². The average molecular weight is 127 g/mol. The van der Waals surface area contributed by atoms with E-state index < -0.39 is 0 Å². The number of allylic oxidation sites excluding steroid dienone is 2. The normalized spacial score (nSPS) is 9.89. The van der Waals surface area contributed by atoms with Crippen molar-refractivity contribution in [3.8, 4) is 0 Å². The van der Waals surface area contributed by atoms with Gasteiger partial charge in [-0.15, -0.1) is 0 Å². The Kier molecular flexibility index (Phi) is 4.41. The molecule has 0 unspecified atom stereocenters. The smallest absolute Gasteiger partial charge is 0.0905 e. The molecule has 0 atom stereocenters. The fourth-order valence-corrected chi connectivity index (χ4v) is 0.570. The summed E-state index contributed by atoms with van der Waals surface area (Å²) in [6, 6.07) is 0. The SMILES string of the molecule is C[C](O)CCC=C(C)C. The van der Waals surface area contributed by atoms with E-state index >= 15 is 0 Å². The van der Waals surface area contributed by atoms with Gasteiger partial charge in [-0.1, -0.05) is 11.6 Å². The maximum absolute atomic E-state index is 8.75. The molecular formula is C8H15O. The largest absolute Gasteiger partial charge is 0.387 e. The van der Waals surface area contributed by atoms with Crippen LogP contribution in [0.25, 0.3) is 0 Å². The van der Waals surface area contributed by atoms with Crippen molar-refractivity contribution in [2.24, 2.45) is 0 Å². The lowest BCUT2D eigenvalue weighted by molar-refractivity contribution is 0.297. The second kappa shape index (κ2) is 4.57. The Bertz CT molecular complexity index is 88.7. The molecule has 0 aromatic carbocycles. The maximum atomic E-state index is 8.75. The summed E-state index contributed by atoms with van der Waals surface area (Å²) in [5.74, 6) is 0. The first kappa shape index (κ1) is 8.70. The first-order chi connectivity index (χ1) is 4.13. The quantitative estimate of drug-likeness (QED) is 0.578. The highest BCUT2D eigenvalue weighted by Gasteiger charge is 1.92. The van der Waals surface area contributed by atoms with Crippen molar-refractivity contribution >= 4 is 0 Å². The summed E-state index contributed by atoms with van der Waals surface area (Å²) < 4.78 is 0. The van der Waals surface area contributed by atoms with E-state index in [1.807, 2.05) is 0 Å². The molecular weight excluding hydrogens is 112 g/mol. The van der Waals surface area contributed by atoms with Gasteiger partial charge in [0, 0.05) is 0 Å². The minimum Gasteiger partial charge on any atom is -0.387 e. The minimum absolute atomic E-state index is 0.521. The molecule has 9 heavy (non-hydrogen) atoms. The molecule has 1 N–H and O–H groups in total. The van der Waals surface area contributed by atoms with Gasteiger partial charge in [0.15, 0.2) is 0 Å². The van der Waals surface area contributed by atoms with Crippen LogP contribution in [0.5, 0.6) is 0 Å². The van der Waals surface area contributed by atoms with E-state index in [1.165, 1.54) is 5.57 Å². The molecule has 0 rings (SSSR count). The van der Waals surface area contributed by atoms with E-state index in [1.54, 1.807) is 6.92 Å². The first-order valence-corrected chi connectivity index (χ1v) is 3.27. The second-order valence-electron chi connectivity index (χ2n) is 2.56. The van der Waals surface area contributed by atoms with Crippen LogP contribution in [-0.4, -0.2) is 5.11 Å². The molecule has 0 aromatic rings. The van der Waals surface area contributed by atoms with Crippen LogP contribution in [0.1, 0.15) is 33.6 Å². The zero-order valence-corrected chi connectivity index (χ0v) is 6.44. The maximum Gasteiger partial charge on any atom is 0.0905 e. The molecule has 0 bridgehead atoms. The molecule has 0 saturated carbocycles. The topological polar surface area (TPSA) is 20.2 Å². The van der Waals surface area contributed by atoms with Crippen LogP contribution in [0, 0.1) is 6.10 Å². The van der Waals surface area contributed by atoms with Gasteiger partial charge in [0.25, 0.3) is 0 Å². The lowest BCUT2D eigenvalue weighted by atomic mass is 10.2. The lowest BCUT2D eigenvalue weighted by Crippen LogP contribution is -1.85. The van der Waals surface area contributed by atoms with E-state index in [4.69, 9.17) is 5.11 Å². The Balaban J connectivity index is 3.20. The highest BCUT2D eigenvalue weighted by atomic mass is 16.3. The zero-order valence-electron chi connectivity index (χ0n) is 6.44. The molecule has 0 spiro atoms. The van der Waals surface area contributed by atoms with Gasteiger partial charge >= 0.3 is 0 Å². The number of hydrogen-bond acceptors (Lipinski definition) is 1. The highest BCUT2D eigenvalue weighted by molar-refractivity contribution is 4.93. The van der Waals surface area contributed by atoms with Crippen molar-refractivity contribution in [2.75, 3.05) is 0 Å². The molecule has 0 fully saturated rings. The third kappa shape index (κ3) is 7.70. The Morgan fingerprint density at radius 2 is 1.89 bits per heavy atom. The van der Waals surface area contributed by atoms with Gasteiger partial charge in [0.2, 0.25) is 0 Å². The molecule has 0 aliphatic rings. The van der Waals surface area contributed by atoms with Gasteiger partial charge in [-0.3, -0.25) is 0 Å². The molecule has 1 nitrogen and oxygen atoms in total. The predicted octanol–water partition coefficient (Wildman–Crippen LogP) is 2.66. The van der Waals surface area contributed by atoms with E-state index in [0.717, 1.165) is 12.8 Å². The van der Waals surface area contributed by atoms with E-state index in [-0.39, 0.29) is 0 Å². The Hall–Kier alpha value is -0.300. The number of aliphatic hydroxyl groups excluding tert-OH is 1. The first-order valence-electron chi connectivity index (χ1n) is 3.27. The fourth-order valence-electron chi connectivity index (χ4n) is 0.570. The van der Waals surface area contributed by atoms with Gasteiger partial charge in [-0.05, 0) is 33.6 Å². The molecule has 1 heteroatoms. The summed E-state index contributed by atoms with van der Waals surface area (Å²) in [4.78, 5) is 0.